The number of hydrogen-bond acceptors (Lipinski definition) is 3. The molecule has 152 valence electrons. The molecular formula is C23H26FN3O2. The van der Waals surface area contributed by atoms with Crippen LogP contribution in [0.15, 0.2) is 54.6 Å². The number of anilines is 1. The highest BCUT2D eigenvalue weighted by molar-refractivity contribution is 5.85. The molecule has 6 heteroatoms. The molecule has 0 radical (unpaired) electrons. The van der Waals surface area contributed by atoms with Gasteiger partial charge in [0.2, 0.25) is 11.8 Å². The van der Waals surface area contributed by atoms with Gasteiger partial charge in [-0.25, -0.2) is 4.39 Å². The minimum absolute atomic E-state index is 0.00259. The van der Waals surface area contributed by atoms with Crippen molar-refractivity contribution in [3.63, 3.8) is 0 Å². The van der Waals surface area contributed by atoms with Gasteiger partial charge in [0.05, 0.1) is 12.0 Å². The normalized spacial score (nSPS) is 22.7. The fraction of sp³-hybridized carbons (Fsp3) is 0.391. The van der Waals surface area contributed by atoms with Crippen LogP contribution >= 0.6 is 0 Å². The van der Waals surface area contributed by atoms with Crippen molar-refractivity contribution >= 4 is 17.5 Å². The molecule has 0 bridgehead atoms. The second-order valence-corrected chi connectivity index (χ2v) is 7.80. The number of amides is 2. The summed E-state index contributed by atoms with van der Waals surface area (Å²) >= 11 is 0. The lowest BCUT2D eigenvalue weighted by Gasteiger charge is -2.43. The van der Waals surface area contributed by atoms with Crippen LogP contribution in [-0.4, -0.2) is 54.8 Å². The van der Waals surface area contributed by atoms with Crippen LogP contribution in [0.25, 0.3) is 0 Å². The summed E-state index contributed by atoms with van der Waals surface area (Å²) in [5.74, 6) is -0.636. The van der Waals surface area contributed by atoms with Gasteiger partial charge >= 0.3 is 0 Å². The molecule has 4 rings (SSSR count). The zero-order valence-electron chi connectivity index (χ0n) is 16.6. The van der Waals surface area contributed by atoms with Crippen molar-refractivity contribution in [2.45, 2.75) is 18.9 Å². The summed E-state index contributed by atoms with van der Waals surface area (Å²) in [5, 5.41) is 0. The van der Waals surface area contributed by atoms with Gasteiger partial charge < -0.3 is 14.7 Å². The second kappa shape index (κ2) is 8.23. The molecule has 2 aromatic carbocycles. The predicted octanol–water partition coefficient (Wildman–Crippen LogP) is 3.08. The maximum Gasteiger partial charge on any atom is 0.228 e. The number of nitrogens with zero attached hydrogens (tertiary/aromatic N) is 3. The smallest absolute Gasteiger partial charge is 0.228 e. The SMILES string of the molecule is CN1C(=O)CCC(C(=O)N2CCN(c3ccccc3)CC2)C1c1cccc(F)c1. The average Bonchev–Trinajstić information content (AvgIpc) is 2.76. The molecule has 2 saturated heterocycles. The Labute approximate surface area is 170 Å². The van der Waals surface area contributed by atoms with Crippen LogP contribution in [0.2, 0.25) is 0 Å². The molecule has 0 spiro atoms. The third-order valence-corrected chi connectivity index (χ3v) is 6.08. The van der Waals surface area contributed by atoms with Gasteiger partial charge in [-0.3, -0.25) is 9.59 Å². The lowest BCUT2D eigenvalue weighted by Crippen LogP contribution is -2.53. The fourth-order valence-corrected chi connectivity index (χ4v) is 4.50. The average molecular weight is 395 g/mol. The first-order valence-corrected chi connectivity index (χ1v) is 10.1. The monoisotopic (exact) mass is 395 g/mol. The molecule has 2 unspecified atom stereocenters. The maximum absolute atomic E-state index is 13.8. The van der Waals surface area contributed by atoms with E-state index in [4.69, 9.17) is 0 Å². The van der Waals surface area contributed by atoms with Crippen molar-refractivity contribution in [1.82, 2.24) is 9.80 Å². The van der Waals surface area contributed by atoms with Crippen LogP contribution < -0.4 is 4.90 Å². The molecule has 2 aliphatic heterocycles. The number of carbonyl (C=O) groups is 2. The number of halogens is 1. The summed E-state index contributed by atoms with van der Waals surface area (Å²) in [4.78, 5) is 31.5. The van der Waals surface area contributed by atoms with Gasteiger partial charge in [0.15, 0.2) is 0 Å². The van der Waals surface area contributed by atoms with Crippen molar-refractivity contribution in [2.75, 3.05) is 38.1 Å². The highest BCUT2D eigenvalue weighted by Crippen LogP contribution is 2.37. The second-order valence-electron chi connectivity index (χ2n) is 7.80. The van der Waals surface area contributed by atoms with Gasteiger partial charge in [0.1, 0.15) is 5.82 Å². The first kappa shape index (κ1) is 19.4. The molecule has 2 fully saturated rings. The van der Waals surface area contributed by atoms with Gasteiger partial charge in [-0.15, -0.1) is 0 Å². The van der Waals surface area contributed by atoms with Crippen molar-refractivity contribution in [1.29, 1.82) is 0 Å². The Morgan fingerprint density at radius 2 is 1.72 bits per heavy atom. The Bertz CT molecular complexity index is 881. The van der Waals surface area contributed by atoms with E-state index in [1.54, 1.807) is 24.1 Å². The molecule has 2 amide bonds. The molecular weight excluding hydrogens is 369 g/mol. The van der Waals surface area contributed by atoms with Crippen LogP contribution in [0.5, 0.6) is 0 Å². The third kappa shape index (κ3) is 3.97. The lowest BCUT2D eigenvalue weighted by atomic mass is 9.83. The Balaban J connectivity index is 1.50. The first-order chi connectivity index (χ1) is 14.0. The zero-order valence-corrected chi connectivity index (χ0v) is 16.6. The van der Waals surface area contributed by atoms with E-state index in [1.165, 1.54) is 17.8 Å². The minimum atomic E-state index is -0.424. The topological polar surface area (TPSA) is 43.9 Å². The highest BCUT2D eigenvalue weighted by Gasteiger charge is 2.41. The Hall–Kier alpha value is -2.89. The molecule has 2 atom stereocenters. The molecule has 0 saturated carbocycles. The van der Waals surface area contributed by atoms with Crippen LogP contribution in [0, 0.1) is 11.7 Å². The van der Waals surface area contributed by atoms with Crippen LogP contribution in [0.3, 0.4) is 0 Å². The number of piperazine rings is 1. The zero-order chi connectivity index (χ0) is 20.4. The van der Waals surface area contributed by atoms with E-state index in [0.717, 1.165) is 13.1 Å². The van der Waals surface area contributed by atoms with E-state index in [2.05, 4.69) is 17.0 Å². The summed E-state index contributed by atoms with van der Waals surface area (Å²) in [6.45, 7) is 2.86. The number of benzene rings is 2. The van der Waals surface area contributed by atoms with Crippen molar-refractivity contribution in [2.24, 2.45) is 5.92 Å². The van der Waals surface area contributed by atoms with E-state index >= 15 is 0 Å². The molecule has 2 aliphatic rings. The van der Waals surface area contributed by atoms with E-state index < -0.39 is 6.04 Å². The lowest BCUT2D eigenvalue weighted by molar-refractivity contribution is -0.146. The van der Waals surface area contributed by atoms with E-state index in [1.807, 2.05) is 23.1 Å². The minimum Gasteiger partial charge on any atom is -0.368 e. The quantitative estimate of drug-likeness (QED) is 0.802. The van der Waals surface area contributed by atoms with Crippen molar-refractivity contribution in [3.8, 4) is 0 Å². The molecule has 29 heavy (non-hydrogen) atoms. The molecule has 2 aromatic rings. The number of para-hydroxylation sites is 1. The predicted molar refractivity (Wildman–Crippen MR) is 110 cm³/mol. The molecule has 0 N–H and O–H groups in total. The van der Waals surface area contributed by atoms with Gasteiger partial charge in [0.25, 0.3) is 0 Å². The molecule has 0 aromatic heterocycles. The number of hydrogen-bond donors (Lipinski definition) is 0. The molecule has 5 nitrogen and oxygen atoms in total. The largest absolute Gasteiger partial charge is 0.368 e. The van der Waals surface area contributed by atoms with Gasteiger partial charge in [-0.05, 0) is 36.2 Å². The van der Waals surface area contributed by atoms with Crippen molar-refractivity contribution in [3.05, 3.63) is 66.0 Å². The van der Waals surface area contributed by atoms with Crippen LogP contribution in [0.4, 0.5) is 10.1 Å². The Morgan fingerprint density at radius 1 is 1.00 bits per heavy atom. The van der Waals surface area contributed by atoms with Crippen LogP contribution in [-0.2, 0) is 9.59 Å². The summed E-state index contributed by atoms with van der Waals surface area (Å²) < 4.78 is 13.8. The fourth-order valence-electron chi connectivity index (χ4n) is 4.50. The van der Waals surface area contributed by atoms with Gasteiger partial charge in [0, 0.05) is 45.3 Å². The Morgan fingerprint density at radius 3 is 2.41 bits per heavy atom. The van der Waals surface area contributed by atoms with Crippen LogP contribution in [0.1, 0.15) is 24.4 Å². The van der Waals surface area contributed by atoms with Gasteiger partial charge in [-0.1, -0.05) is 30.3 Å². The van der Waals surface area contributed by atoms with E-state index in [-0.39, 0.29) is 23.5 Å². The molecule has 2 heterocycles. The summed E-state index contributed by atoms with van der Waals surface area (Å²) in [7, 11) is 1.71. The summed E-state index contributed by atoms with van der Waals surface area (Å²) in [6, 6.07) is 16.0. The first-order valence-electron chi connectivity index (χ1n) is 10.1. The molecule has 0 aliphatic carbocycles. The van der Waals surface area contributed by atoms with Gasteiger partial charge in [-0.2, -0.15) is 0 Å². The maximum atomic E-state index is 13.8. The summed E-state index contributed by atoms with van der Waals surface area (Å²) in [5.41, 5.74) is 1.85. The summed E-state index contributed by atoms with van der Waals surface area (Å²) in [6.07, 6.45) is 0.852. The Kier molecular flexibility index (Phi) is 5.51. The van der Waals surface area contributed by atoms with Crippen molar-refractivity contribution < 1.29 is 14.0 Å². The standard InChI is InChI=1S/C23H26FN3O2/c1-25-21(28)11-10-20(22(25)17-6-5-7-18(24)16-17)23(29)27-14-12-26(13-15-27)19-8-3-2-4-9-19/h2-9,16,20,22H,10-15H2,1H3. The number of likely N-dealkylation sites (tertiary alicyclic amines) is 1. The highest BCUT2D eigenvalue weighted by atomic mass is 19.1. The van der Waals surface area contributed by atoms with E-state index in [0.29, 0.717) is 31.5 Å². The number of rotatable bonds is 3. The van der Waals surface area contributed by atoms with E-state index in [9.17, 15) is 14.0 Å². The number of carbonyl (C=O) groups excluding carboxylic acids is 2. The number of piperidine rings is 1. The third-order valence-electron chi connectivity index (χ3n) is 6.08.